The molecule has 2 fully saturated rings. The highest BCUT2D eigenvalue weighted by Crippen LogP contribution is 2.54. The van der Waals surface area contributed by atoms with Crippen LogP contribution in [0.15, 0.2) is 12.2 Å². The van der Waals surface area contributed by atoms with Crippen molar-refractivity contribution < 1.29 is 23.8 Å². The summed E-state index contributed by atoms with van der Waals surface area (Å²) in [5.74, 6) is 0.142. The first-order chi connectivity index (χ1) is 7.64. The zero-order valence-corrected chi connectivity index (χ0v) is 8.84. The quantitative estimate of drug-likeness (QED) is 0.387. The second-order valence-corrected chi connectivity index (χ2v) is 4.54. The van der Waals surface area contributed by atoms with Gasteiger partial charge in [0.2, 0.25) is 0 Å². The number of cyclic esters (lactones) is 2. The van der Waals surface area contributed by atoms with Gasteiger partial charge in [0.1, 0.15) is 6.10 Å². The predicted octanol–water partition coefficient (Wildman–Crippen LogP) is 2.01. The van der Waals surface area contributed by atoms with Gasteiger partial charge < -0.3 is 14.2 Å². The number of ether oxygens (including phenoxy) is 3. The largest absolute Gasteiger partial charge is 0.519 e. The van der Waals surface area contributed by atoms with Crippen LogP contribution in [0.25, 0.3) is 0 Å². The number of carbonyl (C=O) groups excluding carboxylic acids is 2. The van der Waals surface area contributed by atoms with Crippen molar-refractivity contribution in [1.29, 1.82) is 0 Å². The fraction of sp³-hybridized carbons (Fsp3) is 0.636. The third kappa shape index (κ3) is 1.11. The van der Waals surface area contributed by atoms with E-state index in [-0.39, 0.29) is 17.4 Å². The second-order valence-electron chi connectivity index (χ2n) is 4.54. The topological polar surface area (TPSA) is 61.8 Å². The summed E-state index contributed by atoms with van der Waals surface area (Å²) in [6.45, 7) is 2.04. The molecule has 0 spiro atoms. The Hall–Kier alpha value is -1.52. The lowest BCUT2D eigenvalue weighted by Crippen LogP contribution is -2.40. The molecule has 0 aromatic rings. The molecule has 5 nitrogen and oxygen atoms in total. The van der Waals surface area contributed by atoms with Gasteiger partial charge in [0.15, 0.2) is 6.10 Å². The Bertz CT molecular complexity index is 388. The van der Waals surface area contributed by atoms with Crippen LogP contribution in [-0.2, 0) is 14.2 Å². The van der Waals surface area contributed by atoms with Gasteiger partial charge in [-0.2, -0.15) is 0 Å². The number of hydrogen-bond acceptors (Lipinski definition) is 5. The van der Waals surface area contributed by atoms with E-state index >= 15 is 0 Å². The van der Waals surface area contributed by atoms with E-state index < -0.39 is 18.4 Å². The summed E-state index contributed by atoms with van der Waals surface area (Å²) in [7, 11) is 0. The first-order valence-electron chi connectivity index (χ1n) is 5.43. The Labute approximate surface area is 92.3 Å². The average molecular weight is 224 g/mol. The van der Waals surface area contributed by atoms with Crippen molar-refractivity contribution in [3.63, 3.8) is 0 Å². The molecule has 4 unspecified atom stereocenters. The van der Waals surface area contributed by atoms with E-state index in [2.05, 4.69) is 10.8 Å². The molecular formula is C11H12O5. The first kappa shape index (κ1) is 9.69. The molecule has 3 aliphatic rings. The Morgan fingerprint density at radius 1 is 1.38 bits per heavy atom. The Morgan fingerprint density at radius 3 is 2.88 bits per heavy atom. The van der Waals surface area contributed by atoms with Gasteiger partial charge in [0.25, 0.3) is 0 Å². The monoisotopic (exact) mass is 224 g/mol. The maximum atomic E-state index is 11.2. The van der Waals surface area contributed by atoms with Gasteiger partial charge in [-0.05, 0) is 12.8 Å². The van der Waals surface area contributed by atoms with E-state index in [9.17, 15) is 9.59 Å². The molecule has 0 amide bonds. The summed E-state index contributed by atoms with van der Waals surface area (Å²) in [6.07, 6.45) is 3.15. The lowest BCUT2D eigenvalue weighted by atomic mass is 9.82. The van der Waals surface area contributed by atoms with Gasteiger partial charge in [-0.3, -0.25) is 0 Å². The standard InChI is InChI=1S/C11H12O5/c1-2-11-4-3-6(5-11)7-8(11)15-10(13)16-9(12)14-7/h3-4,6-8H,2,5H2,1H3. The molecule has 0 aromatic heterocycles. The molecule has 1 saturated carbocycles. The van der Waals surface area contributed by atoms with E-state index in [1.54, 1.807) is 0 Å². The van der Waals surface area contributed by atoms with E-state index in [1.165, 1.54) is 0 Å². The van der Waals surface area contributed by atoms with E-state index in [0.717, 1.165) is 12.8 Å². The minimum absolute atomic E-state index is 0.142. The SMILES string of the molecule is CCC12C=CC(C1)C1OC(=O)OC(=O)OC12. The summed E-state index contributed by atoms with van der Waals surface area (Å²) >= 11 is 0. The maximum absolute atomic E-state index is 11.2. The zero-order valence-electron chi connectivity index (χ0n) is 8.84. The first-order valence-corrected chi connectivity index (χ1v) is 5.43. The highest BCUT2D eigenvalue weighted by atomic mass is 16.8. The number of fused-ring (bicyclic) bond motifs is 5. The van der Waals surface area contributed by atoms with Crippen molar-refractivity contribution in [3.05, 3.63) is 12.2 Å². The molecule has 0 N–H and O–H groups in total. The summed E-state index contributed by atoms with van der Waals surface area (Å²) in [6, 6.07) is 0. The molecule has 2 bridgehead atoms. The molecular weight excluding hydrogens is 212 g/mol. The summed E-state index contributed by atoms with van der Waals surface area (Å²) < 4.78 is 14.6. The van der Waals surface area contributed by atoms with Crippen molar-refractivity contribution >= 4 is 12.3 Å². The van der Waals surface area contributed by atoms with Crippen LogP contribution in [0.5, 0.6) is 0 Å². The molecule has 1 heterocycles. The molecule has 0 aromatic carbocycles. The van der Waals surface area contributed by atoms with Crippen molar-refractivity contribution in [1.82, 2.24) is 0 Å². The number of hydrogen-bond donors (Lipinski definition) is 0. The minimum Gasteiger partial charge on any atom is -0.426 e. The van der Waals surface area contributed by atoms with Crippen molar-refractivity contribution in [3.8, 4) is 0 Å². The van der Waals surface area contributed by atoms with E-state index in [4.69, 9.17) is 9.47 Å². The molecule has 86 valence electrons. The smallest absolute Gasteiger partial charge is 0.426 e. The van der Waals surface area contributed by atoms with Crippen LogP contribution in [0.4, 0.5) is 9.59 Å². The number of rotatable bonds is 1. The molecule has 4 atom stereocenters. The van der Waals surface area contributed by atoms with Crippen molar-refractivity contribution in [2.45, 2.75) is 32.0 Å². The lowest BCUT2D eigenvalue weighted by molar-refractivity contribution is -0.0180. The van der Waals surface area contributed by atoms with Crippen LogP contribution in [0.2, 0.25) is 0 Å². The minimum atomic E-state index is -0.954. The van der Waals surface area contributed by atoms with E-state index in [0.29, 0.717) is 0 Å². The molecule has 3 rings (SSSR count). The second kappa shape index (κ2) is 2.99. The molecule has 0 radical (unpaired) electrons. The highest BCUT2D eigenvalue weighted by molar-refractivity contribution is 5.78. The van der Waals surface area contributed by atoms with Gasteiger partial charge in [-0.1, -0.05) is 19.1 Å². The highest BCUT2D eigenvalue weighted by Gasteiger charge is 2.59. The van der Waals surface area contributed by atoms with Crippen LogP contribution in [0.1, 0.15) is 19.8 Å². The Balaban J connectivity index is 1.97. The van der Waals surface area contributed by atoms with Crippen LogP contribution in [-0.4, -0.2) is 24.5 Å². The van der Waals surface area contributed by atoms with Gasteiger partial charge >= 0.3 is 12.3 Å². The molecule has 1 saturated heterocycles. The fourth-order valence-electron chi connectivity index (χ4n) is 3.01. The normalized spacial score (nSPS) is 44.4. The predicted molar refractivity (Wildman–Crippen MR) is 51.6 cm³/mol. The van der Waals surface area contributed by atoms with Crippen LogP contribution < -0.4 is 0 Å². The lowest BCUT2D eigenvalue weighted by Gasteiger charge is -2.31. The Morgan fingerprint density at radius 2 is 2.12 bits per heavy atom. The van der Waals surface area contributed by atoms with Crippen LogP contribution >= 0.6 is 0 Å². The van der Waals surface area contributed by atoms with Gasteiger partial charge in [-0.25, -0.2) is 9.59 Å². The summed E-state index contributed by atoms with van der Waals surface area (Å²) in [4.78, 5) is 22.3. The molecule has 5 heteroatoms. The van der Waals surface area contributed by atoms with Gasteiger partial charge in [0.05, 0.1) is 0 Å². The zero-order chi connectivity index (χ0) is 11.3. The van der Waals surface area contributed by atoms with Crippen LogP contribution in [0.3, 0.4) is 0 Å². The third-order valence-electron chi connectivity index (χ3n) is 3.86. The third-order valence-corrected chi connectivity index (χ3v) is 3.86. The van der Waals surface area contributed by atoms with E-state index in [1.807, 2.05) is 13.0 Å². The van der Waals surface area contributed by atoms with Gasteiger partial charge in [0, 0.05) is 11.3 Å². The maximum Gasteiger partial charge on any atom is 0.519 e. The summed E-state index contributed by atoms with van der Waals surface area (Å²) in [5.41, 5.74) is -0.182. The van der Waals surface area contributed by atoms with Crippen molar-refractivity contribution in [2.24, 2.45) is 11.3 Å². The van der Waals surface area contributed by atoms with Crippen molar-refractivity contribution in [2.75, 3.05) is 0 Å². The molecule has 16 heavy (non-hydrogen) atoms. The molecule has 2 aliphatic carbocycles. The Kier molecular flexibility index (Phi) is 1.81. The fourth-order valence-corrected chi connectivity index (χ4v) is 3.01. The van der Waals surface area contributed by atoms with Crippen LogP contribution in [0, 0.1) is 11.3 Å². The molecule has 1 aliphatic heterocycles. The average Bonchev–Trinajstić information content (AvgIpc) is 2.73. The number of carbonyl (C=O) groups is 2. The summed E-state index contributed by atoms with van der Waals surface area (Å²) in [5, 5.41) is 0. The van der Waals surface area contributed by atoms with Gasteiger partial charge in [-0.15, -0.1) is 0 Å².